The van der Waals surface area contributed by atoms with E-state index in [1.54, 1.807) is 6.07 Å². The van der Waals surface area contributed by atoms with Crippen molar-refractivity contribution in [3.8, 4) is 0 Å². The van der Waals surface area contributed by atoms with E-state index in [4.69, 9.17) is 0 Å². The molecule has 36 heavy (non-hydrogen) atoms. The van der Waals surface area contributed by atoms with Crippen LogP contribution in [-0.4, -0.2) is 34.7 Å². The first-order valence-electron chi connectivity index (χ1n) is 11.7. The van der Waals surface area contributed by atoms with E-state index in [1.165, 1.54) is 12.1 Å². The van der Waals surface area contributed by atoms with Crippen LogP contribution < -0.4 is 10.6 Å². The molecule has 1 fully saturated rings. The number of non-ortho nitro benzene ring substituents is 1. The van der Waals surface area contributed by atoms with Crippen molar-refractivity contribution in [2.24, 2.45) is 0 Å². The van der Waals surface area contributed by atoms with E-state index in [9.17, 15) is 19.7 Å². The number of nitro benzene ring substituents is 1. The first-order chi connectivity index (χ1) is 17.5. The smallest absolute Gasteiger partial charge is 0.270 e. The summed E-state index contributed by atoms with van der Waals surface area (Å²) in [6.07, 6.45) is 5.51. The number of nitrogens with one attached hydrogen (secondary N) is 2. The number of anilines is 2. The summed E-state index contributed by atoms with van der Waals surface area (Å²) in [5.74, 6) is -0.128. The standard InChI is InChI=1S/C28H24N4O4/c33-25-9-5-17-31(25)16-4-6-19-10-12-21(13-11-19)29-27(20-7-2-1-3-8-20)26-23-18-22(32(35)36)14-15-24(23)30-28(26)34/h1-4,6-8,10-15,18,29H,5,9,16-17H2,(H,30,34)/b6-4-,27-26?. The number of nitro groups is 1. The van der Waals surface area contributed by atoms with E-state index in [0.29, 0.717) is 35.5 Å². The topological polar surface area (TPSA) is 105 Å². The molecule has 0 bridgehead atoms. The molecule has 0 aliphatic carbocycles. The minimum Gasteiger partial charge on any atom is -0.354 e. The predicted molar refractivity (Wildman–Crippen MR) is 140 cm³/mol. The van der Waals surface area contributed by atoms with E-state index in [2.05, 4.69) is 10.6 Å². The fraction of sp³-hybridized carbons (Fsp3) is 0.143. The molecule has 2 heterocycles. The highest BCUT2D eigenvalue weighted by molar-refractivity contribution is 6.37. The summed E-state index contributed by atoms with van der Waals surface area (Å²) in [6, 6.07) is 21.5. The van der Waals surface area contributed by atoms with Gasteiger partial charge in [0.15, 0.2) is 0 Å². The van der Waals surface area contributed by atoms with Gasteiger partial charge in [-0.2, -0.15) is 0 Å². The molecule has 0 spiro atoms. The van der Waals surface area contributed by atoms with Crippen molar-refractivity contribution in [3.05, 3.63) is 106 Å². The summed E-state index contributed by atoms with van der Waals surface area (Å²) in [5.41, 5.74) is 4.37. The molecule has 0 unspecified atom stereocenters. The number of carbonyl (C=O) groups is 2. The Hall–Kier alpha value is -4.72. The SMILES string of the molecule is O=C1Nc2ccc([N+](=O)[O-])cc2C1=C(Nc1ccc(/C=C\CN2CCCC2=O)cc1)c1ccccc1. The molecule has 0 aromatic heterocycles. The molecule has 8 nitrogen and oxygen atoms in total. The van der Waals surface area contributed by atoms with Crippen LogP contribution in [0, 0.1) is 10.1 Å². The molecule has 2 aliphatic rings. The number of hydrogen-bond acceptors (Lipinski definition) is 5. The molecule has 0 radical (unpaired) electrons. The number of hydrogen-bond donors (Lipinski definition) is 2. The van der Waals surface area contributed by atoms with Crippen LogP contribution in [0.1, 0.15) is 29.5 Å². The van der Waals surface area contributed by atoms with Gasteiger partial charge in [0.25, 0.3) is 11.6 Å². The summed E-state index contributed by atoms with van der Waals surface area (Å²) >= 11 is 0. The zero-order valence-electron chi connectivity index (χ0n) is 19.4. The Balaban J connectivity index is 1.45. The third kappa shape index (κ3) is 4.74. The fourth-order valence-electron chi connectivity index (χ4n) is 4.44. The van der Waals surface area contributed by atoms with Crippen LogP contribution in [0.2, 0.25) is 0 Å². The van der Waals surface area contributed by atoms with Gasteiger partial charge in [-0.25, -0.2) is 0 Å². The number of carbonyl (C=O) groups excluding carboxylic acids is 2. The van der Waals surface area contributed by atoms with Crippen LogP contribution in [0.5, 0.6) is 0 Å². The summed E-state index contributed by atoms with van der Waals surface area (Å²) in [4.78, 5) is 37.5. The van der Waals surface area contributed by atoms with Gasteiger partial charge in [0.05, 0.1) is 16.2 Å². The van der Waals surface area contributed by atoms with Gasteiger partial charge in [-0.05, 0) is 35.7 Å². The lowest BCUT2D eigenvalue weighted by Gasteiger charge is -2.15. The summed E-state index contributed by atoms with van der Waals surface area (Å²) in [5, 5.41) is 17.5. The van der Waals surface area contributed by atoms with Crippen molar-refractivity contribution in [1.29, 1.82) is 0 Å². The molecule has 1 saturated heterocycles. The number of nitrogens with zero attached hydrogens (tertiary/aromatic N) is 2. The lowest BCUT2D eigenvalue weighted by atomic mass is 9.99. The molecule has 0 atom stereocenters. The lowest BCUT2D eigenvalue weighted by molar-refractivity contribution is -0.384. The lowest BCUT2D eigenvalue weighted by Crippen LogP contribution is -2.24. The van der Waals surface area contributed by atoms with E-state index in [0.717, 1.165) is 29.8 Å². The van der Waals surface area contributed by atoms with Crippen molar-refractivity contribution in [3.63, 3.8) is 0 Å². The second-order valence-corrected chi connectivity index (χ2v) is 8.65. The van der Waals surface area contributed by atoms with Gasteiger partial charge in [-0.1, -0.05) is 54.6 Å². The molecular weight excluding hydrogens is 456 g/mol. The van der Waals surface area contributed by atoms with Crippen LogP contribution >= 0.6 is 0 Å². The number of amides is 2. The Morgan fingerprint density at radius 1 is 1.06 bits per heavy atom. The van der Waals surface area contributed by atoms with Crippen molar-refractivity contribution >= 4 is 46.2 Å². The maximum Gasteiger partial charge on any atom is 0.270 e. The summed E-state index contributed by atoms with van der Waals surface area (Å²) < 4.78 is 0. The van der Waals surface area contributed by atoms with E-state index >= 15 is 0 Å². The summed E-state index contributed by atoms with van der Waals surface area (Å²) in [7, 11) is 0. The normalized spacial score (nSPS) is 16.3. The van der Waals surface area contributed by atoms with Crippen LogP contribution in [0.3, 0.4) is 0 Å². The van der Waals surface area contributed by atoms with Gasteiger partial charge in [-0.3, -0.25) is 19.7 Å². The first-order valence-corrected chi connectivity index (χ1v) is 11.7. The van der Waals surface area contributed by atoms with Crippen LogP contribution in [0.15, 0.2) is 78.9 Å². The van der Waals surface area contributed by atoms with Crippen LogP contribution in [-0.2, 0) is 9.59 Å². The fourth-order valence-corrected chi connectivity index (χ4v) is 4.44. The van der Waals surface area contributed by atoms with Crippen LogP contribution in [0.4, 0.5) is 17.1 Å². The Morgan fingerprint density at radius 3 is 2.53 bits per heavy atom. The van der Waals surface area contributed by atoms with Gasteiger partial charge in [0.1, 0.15) is 0 Å². The molecule has 8 heteroatoms. The average Bonchev–Trinajstić information content (AvgIpc) is 3.45. The van der Waals surface area contributed by atoms with Gasteiger partial charge in [0, 0.05) is 48.6 Å². The second kappa shape index (κ2) is 9.87. The highest BCUT2D eigenvalue weighted by atomic mass is 16.6. The molecular formula is C28H24N4O4. The molecule has 2 N–H and O–H groups in total. The van der Waals surface area contributed by atoms with Crippen molar-refractivity contribution in [2.75, 3.05) is 23.7 Å². The quantitative estimate of drug-likeness (QED) is 0.276. The average molecular weight is 481 g/mol. The largest absolute Gasteiger partial charge is 0.354 e. The Morgan fingerprint density at radius 2 is 1.83 bits per heavy atom. The Labute approximate surface area is 208 Å². The molecule has 3 aromatic rings. The highest BCUT2D eigenvalue weighted by Crippen LogP contribution is 2.39. The molecule has 0 saturated carbocycles. The third-order valence-electron chi connectivity index (χ3n) is 6.26. The predicted octanol–water partition coefficient (Wildman–Crippen LogP) is 5.16. The third-order valence-corrected chi connectivity index (χ3v) is 6.26. The van der Waals surface area contributed by atoms with Gasteiger partial charge in [0.2, 0.25) is 5.91 Å². The zero-order valence-corrected chi connectivity index (χ0v) is 19.4. The molecule has 3 aromatic carbocycles. The Kier molecular flexibility index (Phi) is 6.32. The van der Waals surface area contributed by atoms with Crippen LogP contribution in [0.25, 0.3) is 17.3 Å². The minimum absolute atomic E-state index is 0.0815. The minimum atomic E-state index is -0.470. The molecule has 180 valence electrons. The number of benzene rings is 3. The monoisotopic (exact) mass is 480 g/mol. The Bertz CT molecular complexity index is 1390. The van der Waals surface area contributed by atoms with Gasteiger partial charge >= 0.3 is 0 Å². The number of fused-ring (bicyclic) bond motifs is 1. The maximum absolute atomic E-state index is 13.0. The first kappa shape index (κ1) is 23.0. The maximum atomic E-state index is 13.0. The van der Waals surface area contributed by atoms with E-state index in [-0.39, 0.29) is 17.5 Å². The highest BCUT2D eigenvalue weighted by Gasteiger charge is 2.30. The van der Waals surface area contributed by atoms with E-state index < -0.39 is 4.92 Å². The van der Waals surface area contributed by atoms with Gasteiger partial charge in [-0.15, -0.1) is 0 Å². The second-order valence-electron chi connectivity index (χ2n) is 8.65. The van der Waals surface area contributed by atoms with Crippen molar-refractivity contribution < 1.29 is 14.5 Å². The summed E-state index contributed by atoms with van der Waals surface area (Å²) in [6.45, 7) is 1.41. The number of likely N-dealkylation sites (tertiary alicyclic amines) is 1. The molecule has 2 aliphatic heterocycles. The van der Waals surface area contributed by atoms with Gasteiger partial charge < -0.3 is 15.5 Å². The zero-order chi connectivity index (χ0) is 25.1. The van der Waals surface area contributed by atoms with E-state index in [1.807, 2.05) is 71.6 Å². The van der Waals surface area contributed by atoms with Crippen molar-refractivity contribution in [1.82, 2.24) is 4.90 Å². The molecule has 2 amide bonds. The molecule has 5 rings (SSSR count). The number of rotatable bonds is 7. The van der Waals surface area contributed by atoms with Crippen molar-refractivity contribution in [2.45, 2.75) is 12.8 Å².